The van der Waals surface area contributed by atoms with E-state index in [1.54, 1.807) is 12.3 Å². The lowest BCUT2D eigenvalue weighted by atomic mass is 9.92. The summed E-state index contributed by atoms with van der Waals surface area (Å²) in [5.74, 6) is 1.35. The van der Waals surface area contributed by atoms with Crippen LogP contribution in [0.25, 0.3) is 11.3 Å². The Bertz CT molecular complexity index is 619. The first kappa shape index (κ1) is 15.2. The second-order valence-corrected chi connectivity index (χ2v) is 5.98. The van der Waals surface area contributed by atoms with Gasteiger partial charge >= 0.3 is 0 Å². The van der Waals surface area contributed by atoms with Crippen molar-refractivity contribution >= 4 is 0 Å². The molecule has 5 heteroatoms. The van der Waals surface area contributed by atoms with Gasteiger partial charge in [-0.1, -0.05) is 12.1 Å². The van der Waals surface area contributed by atoms with E-state index in [1.165, 1.54) is 12.1 Å². The molecule has 2 heterocycles. The summed E-state index contributed by atoms with van der Waals surface area (Å²) in [5, 5.41) is 9.62. The van der Waals surface area contributed by atoms with Gasteiger partial charge in [-0.3, -0.25) is 4.90 Å². The lowest BCUT2D eigenvalue weighted by molar-refractivity contribution is 0.0668. The third-order valence-electron chi connectivity index (χ3n) is 4.34. The Morgan fingerprint density at radius 2 is 2.18 bits per heavy atom. The van der Waals surface area contributed by atoms with Gasteiger partial charge < -0.3 is 9.52 Å². The Balaban J connectivity index is 1.61. The molecule has 22 heavy (non-hydrogen) atoms. The monoisotopic (exact) mass is 304 g/mol. The largest absolute Gasteiger partial charge is 0.439 e. The maximum Gasteiger partial charge on any atom is 0.209 e. The van der Waals surface area contributed by atoms with Crippen LogP contribution in [0, 0.1) is 11.7 Å². The van der Waals surface area contributed by atoms with Gasteiger partial charge in [0.15, 0.2) is 5.76 Å². The highest BCUT2D eigenvalue weighted by Gasteiger charge is 2.23. The second kappa shape index (κ2) is 6.58. The molecule has 1 aromatic heterocycles. The summed E-state index contributed by atoms with van der Waals surface area (Å²) in [7, 11) is 0. The van der Waals surface area contributed by atoms with Gasteiger partial charge in [-0.15, -0.1) is 0 Å². The SMILES string of the molecule is CC(O)C1CCN(Cc2ncc(-c3cccc(F)c3)o2)CC1. The van der Waals surface area contributed by atoms with E-state index in [2.05, 4.69) is 9.88 Å². The van der Waals surface area contributed by atoms with Gasteiger partial charge in [-0.05, 0) is 50.9 Å². The zero-order valence-electron chi connectivity index (χ0n) is 12.7. The number of aromatic nitrogens is 1. The zero-order chi connectivity index (χ0) is 15.5. The number of benzene rings is 1. The third kappa shape index (κ3) is 3.54. The Morgan fingerprint density at radius 3 is 2.86 bits per heavy atom. The van der Waals surface area contributed by atoms with Crippen LogP contribution >= 0.6 is 0 Å². The van der Waals surface area contributed by atoms with Gasteiger partial charge in [0.2, 0.25) is 5.89 Å². The number of hydrogen-bond acceptors (Lipinski definition) is 4. The van der Waals surface area contributed by atoms with Gasteiger partial charge in [0, 0.05) is 5.56 Å². The van der Waals surface area contributed by atoms with Crippen LogP contribution < -0.4 is 0 Å². The maximum atomic E-state index is 13.2. The van der Waals surface area contributed by atoms with E-state index in [4.69, 9.17) is 4.42 Å². The Hall–Kier alpha value is -1.72. The first-order valence-corrected chi connectivity index (χ1v) is 7.73. The molecule has 1 saturated heterocycles. The molecule has 1 aliphatic rings. The predicted octanol–water partition coefficient (Wildman–Crippen LogP) is 3.07. The van der Waals surface area contributed by atoms with Crippen molar-refractivity contribution in [2.24, 2.45) is 5.92 Å². The quantitative estimate of drug-likeness (QED) is 0.943. The number of nitrogens with zero attached hydrogens (tertiary/aromatic N) is 2. The van der Waals surface area contributed by atoms with Crippen LogP contribution in [0.4, 0.5) is 4.39 Å². The van der Waals surface area contributed by atoms with E-state index in [1.807, 2.05) is 13.0 Å². The Labute approximate surface area is 129 Å². The Morgan fingerprint density at radius 1 is 1.41 bits per heavy atom. The Kier molecular flexibility index (Phi) is 4.55. The number of halogens is 1. The summed E-state index contributed by atoms with van der Waals surface area (Å²) in [6.45, 7) is 4.39. The topological polar surface area (TPSA) is 49.5 Å². The zero-order valence-corrected chi connectivity index (χ0v) is 12.7. The number of hydrogen-bond donors (Lipinski definition) is 1. The van der Waals surface area contributed by atoms with Crippen molar-refractivity contribution < 1.29 is 13.9 Å². The minimum absolute atomic E-state index is 0.233. The van der Waals surface area contributed by atoms with E-state index in [9.17, 15) is 9.50 Å². The molecule has 0 amide bonds. The highest BCUT2D eigenvalue weighted by molar-refractivity contribution is 5.56. The van der Waals surface area contributed by atoms with Crippen molar-refractivity contribution in [3.63, 3.8) is 0 Å². The summed E-state index contributed by atoms with van der Waals surface area (Å²) < 4.78 is 19.0. The minimum Gasteiger partial charge on any atom is -0.439 e. The molecule has 118 valence electrons. The predicted molar refractivity (Wildman–Crippen MR) is 81.6 cm³/mol. The van der Waals surface area contributed by atoms with Gasteiger partial charge in [-0.2, -0.15) is 0 Å². The van der Waals surface area contributed by atoms with Crippen molar-refractivity contribution in [3.8, 4) is 11.3 Å². The smallest absolute Gasteiger partial charge is 0.209 e. The molecule has 1 N–H and O–H groups in total. The molecular formula is C17H21FN2O2. The van der Waals surface area contributed by atoms with E-state index in [-0.39, 0.29) is 11.9 Å². The molecule has 0 spiro atoms. The van der Waals surface area contributed by atoms with E-state index < -0.39 is 0 Å². The number of aliphatic hydroxyl groups is 1. The molecule has 1 aliphatic heterocycles. The lowest BCUT2D eigenvalue weighted by Gasteiger charge is -2.32. The van der Waals surface area contributed by atoms with Crippen LogP contribution in [0.3, 0.4) is 0 Å². The van der Waals surface area contributed by atoms with Crippen molar-refractivity contribution in [2.45, 2.75) is 32.4 Å². The molecule has 4 nitrogen and oxygen atoms in total. The van der Waals surface area contributed by atoms with Crippen molar-refractivity contribution in [2.75, 3.05) is 13.1 Å². The summed E-state index contributed by atoms with van der Waals surface area (Å²) in [6, 6.07) is 6.32. The molecule has 3 rings (SSSR count). The molecular weight excluding hydrogens is 283 g/mol. The number of piperidine rings is 1. The van der Waals surface area contributed by atoms with Gasteiger partial charge in [0.25, 0.3) is 0 Å². The molecule has 0 saturated carbocycles. The third-order valence-corrected chi connectivity index (χ3v) is 4.34. The highest BCUT2D eigenvalue weighted by atomic mass is 19.1. The number of likely N-dealkylation sites (tertiary alicyclic amines) is 1. The fourth-order valence-electron chi connectivity index (χ4n) is 2.94. The molecule has 0 aliphatic carbocycles. The molecule has 1 atom stereocenters. The normalized spacial score (nSPS) is 18.5. The average molecular weight is 304 g/mol. The van der Waals surface area contributed by atoms with Crippen LogP contribution in [0.5, 0.6) is 0 Å². The first-order valence-electron chi connectivity index (χ1n) is 7.73. The average Bonchev–Trinajstić information content (AvgIpc) is 2.96. The number of oxazole rings is 1. The van der Waals surface area contributed by atoms with Crippen molar-refractivity contribution in [3.05, 3.63) is 42.2 Å². The van der Waals surface area contributed by atoms with Crippen LogP contribution in [-0.4, -0.2) is 34.2 Å². The number of aliphatic hydroxyl groups excluding tert-OH is 1. The molecule has 0 bridgehead atoms. The van der Waals surface area contributed by atoms with Gasteiger partial charge in [0.05, 0.1) is 18.8 Å². The molecule has 1 fully saturated rings. The second-order valence-electron chi connectivity index (χ2n) is 5.98. The van der Waals surface area contributed by atoms with Crippen LogP contribution in [0.1, 0.15) is 25.7 Å². The van der Waals surface area contributed by atoms with Crippen LogP contribution in [0.15, 0.2) is 34.9 Å². The fraction of sp³-hybridized carbons (Fsp3) is 0.471. The molecule has 2 aromatic rings. The van der Waals surface area contributed by atoms with Crippen molar-refractivity contribution in [1.29, 1.82) is 0 Å². The minimum atomic E-state index is -0.282. The summed E-state index contributed by atoms with van der Waals surface area (Å²) >= 11 is 0. The lowest BCUT2D eigenvalue weighted by Crippen LogP contribution is -2.36. The van der Waals surface area contributed by atoms with Gasteiger partial charge in [-0.25, -0.2) is 9.37 Å². The summed E-state index contributed by atoms with van der Waals surface area (Å²) in [4.78, 5) is 6.57. The van der Waals surface area contributed by atoms with E-state index >= 15 is 0 Å². The maximum absolute atomic E-state index is 13.2. The van der Waals surface area contributed by atoms with Crippen LogP contribution in [-0.2, 0) is 6.54 Å². The molecule has 0 radical (unpaired) electrons. The highest BCUT2D eigenvalue weighted by Crippen LogP contribution is 2.24. The van der Waals surface area contributed by atoms with Crippen LogP contribution in [0.2, 0.25) is 0 Å². The summed E-state index contributed by atoms with van der Waals surface area (Å²) in [5.41, 5.74) is 0.701. The van der Waals surface area contributed by atoms with Gasteiger partial charge in [0.1, 0.15) is 5.82 Å². The first-order chi connectivity index (χ1) is 10.6. The van der Waals surface area contributed by atoms with Crippen molar-refractivity contribution in [1.82, 2.24) is 9.88 Å². The number of rotatable bonds is 4. The van der Waals surface area contributed by atoms with E-state index in [0.29, 0.717) is 29.7 Å². The fourth-order valence-corrected chi connectivity index (χ4v) is 2.94. The molecule has 1 aromatic carbocycles. The van der Waals surface area contributed by atoms with E-state index in [0.717, 1.165) is 25.9 Å². The molecule has 1 unspecified atom stereocenters. The summed E-state index contributed by atoms with van der Waals surface area (Å²) in [6.07, 6.45) is 3.40. The standard InChI is InChI=1S/C17H21FN2O2/c1-12(21)13-5-7-20(8-6-13)11-17-19-10-16(22-17)14-3-2-4-15(18)9-14/h2-4,9-10,12-13,21H,5-8,11H2,1H3.